The molecule has 1 aliphatic heterocycles. The molecular weight excluding hydrogens is 352 g/mol. The van der Waals surface area contributed by atoms with Gasteiger partial charge >= 0.3 is 5.97 Å². The SMILES string of the molecule is CCC.CCCO.COC(C)(C)C.O=CNCC(=O)N1CCCC1C(=O)O. The van der Waals surface area contributed by atoms with Gasteiger partial charge in [-0.2, -0.15) is 0 Å². The lowest BCUT2D eigenvalue weighted by molar-refractivity contribution is -0.147. The summed E-state index contributed by atoms with van der Waals surface area (Å²) in [5, 5.41) is 18.9. The number of carboxylic acid groups (broad SMARTS) is 1. The van der Waals surface area contributed by atoms with Crippen LogP contribution >= 0.6 is 0 Å². The van der Waals surface area contributed by atoms with Gasteiger partial charge in [-0.25, -0.2) is 4.79 Å². The maximum absolute atomic E-state index is 11.4. The molecule has 27 heavy (non-hydrogen) atoms. The van der Waals surface area contributed by atoms with Crippen LogP contribution in [-0.2, 0) is 19.1 Å². The van der Waals surface area contributed by atoms with Crippen molar-refractivity contribution < 1.29 is 29.3 Å². The van der Waals surface area contributed by atoms with Gasteiger partial charge in [-0.3, -0.25) is 9.59 Å². The van der Waals surface area contributed by atoms with Crippen molar-refractivity contribution >= 4 is 18.3 Å². The number of hydrogen-bond donors (Lipinski definition) is 3. The van der Waals surface area contributed by atoms with E-state index in [0.717, 1.165) is 6.42 Å². The first-order valence-electron chi connectivity index (χ1n) is 9.41. The molecule has 0 saturated carbocycles. The van der Waals surface area contributed by atoms with E-state index in [1.54, 1.807) is 7.11 Å². The number of aliphatic carboxylic acids is 1. The summed E-state index contributed by atoms with van der Waals surface area (Å²) in [5.74, 6) is -1.33. The van der Waals surface area contributed by atoms with Gasteiger partial charge in [0.15, 0.2) is 0 Å². The number of rotatable bonds is 5. The highest BCUT2D eigenvalue weighted by molar-refractivity contribution is 5.86. The number of hydrogen-bond acceptors (Lipinski definition) is 5. The summed E-state index contributed by atoms with van der Waals surface area (Å²) in [5.41, 5.74) is 0.0417. The van der Waals surface area contributed by atoms with Crippen LogP contribution in [0.1, 0.15) is 67.2 Å². The molecule has 0 bridgehead atoms. The van der Waals surface area contributed by atoms with Crippen LogP contribution in [0.15, 0.2) is 0 Å². The van der Waals surface area contributed by atoms with E-state index < -0.39 is 12.0 Å². The molecule has 1 aliphatic rings. The summed E-state index contributed by atoms with van der Waals surface area (Å²) in [6.07, 6.45) is 3.73. The zero-order chi connectivity index (χ0) is 21.9. The summed E-state index contributed by atoms with van der Waals surface area (Å²) >= 11 is 0. The number of carboxylic acids is 1. The molecule has 162 valence electrons. The first kappa shape index (κ1) is 30.1. The molecule has 8 heteroatoms. The van der Waals surface area contributed by atoms with E-state index >= 15 is 0 Å². The number of ether oxygens (including phenoxy) is 1. The predicted molar refractivity (Wildman–Crippen MR) is 107 cm³/mol. The molecule has 0 spiro atoms. The third kappa shape index (κ3) is 20.5. The molecule has 1 atom stereocenters. The highest BCUT2D eigenvalue weighted by Gasteiger charge is 2.33. The maximum Gasteiger partial charge on any atom is 0.326 e. The summed E-state index contributed by atoms with van der Waals surface area (Å²) < 4.78 is 4.94. The molecule has 0 aliphatic carbocycles. The van der Waals surface area contributed by atoms with E-state index in [2.05, 4.69) is 19.2 Å². The van der Waals surface area contributed by atoms with E-state index in [1.807, 2.05) is 27.7 Å². The van der Waals surface area contributed by atoms with Crippen LogP contribution in [0, 0.1) is 0 Å². The standard InChI is InChI=1S/C8H12N2O4.C5H12O.C3H8O.C3H8/c11-5-9-4-7(12)10-3-1-2-6(10)8(13)14;1-5(2,3)6-4;1-2-3-4;1-3-2/h5-6H,1-4H2,(H,9,11)(H,13,14);1-4H3;4H,2-3H2,1H3;3H2,1-2H3. The highest BCUT2D eigenvalue weighted by atomic mass is 16.5. The molecule has 1 saturated heterocycles. The zero-order valence-electron chi connectivity index (χ0n) is 18.1. The van der Waals surface area contributed by atoms with Gasteiger partial charge in [0, 0.05) is 20.3 Å². The third-order valence-corrected chi connectivity index (χ3v) is 3.03. The van der Waals surface area contributed by atoms with Gasteiger partial charge in [0.05, 0.1) is 12.1 Å². The number of carbonyl (C=O) groups is 3. The van der Waals surface area contributed by atoms with E-state index in [1.165, 1.54) is 11.3 Å². The monoisotopic (exact) mass is 392 g/mol. The lowest BCUT2D eigenvalue weighted by Crippen LogP contribution is -2.44. The van der Waals surface area contributed by atoms with Crippen LogP contribution in [0.5, 0.6) is 0 Å². The number of amides is 2. The molecule has 0 aromatic carbocycles. The Morgan fingerprint density at radius 2 is 1.70 bits per heavy atom. The quantitative estimate of drug-likeness (QED) is 0.617. The van der Waals surface area contributed by atoms with Crippen molar-refractivity contribution in [2.24, 2.45) is 0 Å². The molecular formula is C19H40N2O6. The number of likely N-dealkylation sites (tertiary alicyclic amines) is 1. The molecule has 1 rings (SSSR count). The molecule has 3 N–H and O–H groups in total. The van der Waals surface area contributed by atoms with Gasteiger partial charge in [0.25, 0.3) is 0 Å². The van der Waals surface area contributed by atoms with Gasteiger partial charge < -0.3 is 25.2 Å². The average Bonchev–Trinajstić information content (AvgIpc) is 3.10. The van der Waals surface area contributed by atoms with E-state index in [4.69, 9.17) is 14.9 Å². The summed E-state index contributed by atoms with van der Waals surface area (Å²) in [6, 6.07) is -0.726. The van der Waals surface area contributed by atoms with E-state index in [9.17, 15) is 14.4 Å². The summed E-state index contributed by atoms with van der Waals surface area (Å²) in [7, 11) is 1.71. The molecule has 1 unspecified atom stereocenters. The smallest absolute Gasteiger partial charge is 0.326 e. The fourth-order valence-electron chi connectivity index (χ4n) is 1.55. The Morgan fingerprint density at radius 1 is 1.26 bits per heavy atom. The first-order chi connectivity index (χ1) is 12.6. The summed E-state index contributed by atoms with van der Waals surface area (Å²) in [6.45, 7) is 12.9. The largest absolute Gasteiger partial charge is 0.480 e. The van der Waals surface area contributed by atoms with Crippen LogP contribution in [0.3, 0.4) is 0 Å². The number of carbonyl (C=O) groups excluding carboxylic acids is 2. The van der Waals surface area contributed by atoms with Gasteiger partial charge in [-0.05, 0) is 40.0 Å². The van der Waals surface area contributed by atoms with Gasteiger partial charge in [-0.15, -0.1) is 0 Å². The van der Waals surface area contributed by atoms with E-state index in [-0.39, 0.29) is 18.1 Å². The van der Waals surface area contributed by atoms with Crippen molar-refractivity contribution in [3.63, 3.8) is 0 Å². The second-order valence-corrected chi connectivity index (χ2v) is 6.83. The molecule has 2 amide bonds. The lowest BCUT2D eigenvalue weighted by atomic mass is 10.2. The third-order valence-electron chi connectivity index (χ3n) is 3.03. The van der Waals surface area contributed by atoms with Crippen molar-refractivity contribution in [2.75, 3.05) is 26.8 Å². The number of aliphatic hydroxyl groups excluding tert-OH is 1. The Hall–Kier alpha value is -1.67. The Balaban J connectivity index is -0.000000367. The van der Waals surface area contributed by atoms with Crippen molar-refractivity contribution in [3.05, 3.63) is 0 Å². The average molecular weight is 393 g/mol. The normalized spacial score (nSPS) is 15.1. The molecule has 1 fully saturated rings. The molecule has 0 aromatic heterocycles. The van der Waals surface area contributed by atoms with Gasteiger partial charge in [0.1, 0.15) is 6.04 Å². The number of nitrogens with zero attached hydrogens (tertiary/aromatic N) is 1. The minimum absolute atomic E-state index is 0.0417. The number of methoxy groups -OCH3 is 1. The Morgan fingerprint density at radius 3 is 2.00 bits per heavy atom. The van der Waals surface area contributed by atoms with Crippen LogP contribution in [0.2, 0.25) is 0 Å². The van der Waals surface area contributed by atoms with Crippen LogP contribution in [-0.4, -0.2) is 71.8 Å². The van der Waals surface area contributed by atoms with Crippen LogP contribution < -0.4 is 5.32 Å². The van der Waals surface area contributed by atoms with Crippen molar-refractivity contribution in [1.82, 2.24) is 10.2 Å². The van der Waals surface area contributed by atoms with Gasteiger partial charge in [-0.1, -0.05) is 27.2 Å². The number of nitrogens with one attached hydrogen (secondary N) is 1. The second kappa shape index (κ2) is 19.1. The zero-order valence-corrected chi connectivity index (χ0v) is 18.1. The van der Waals surface area contributed by atoms with Crippen molar-refractivity contribution in [2.45, 2.75) is 78.9 Å². The topological polar surface area (TPSA) is 116 Å². The second-order valence-electron chi connectivity index (χ2n) is 6.83. The van der Waals surface area contributed by atoms with Crippen LogP contribution in [0.25, 0.3) is 0 Å². The Kier molecular flexibility index (Phi) is 21.3. The number of aliphatic hydroxyl groups is 1. The molecule has 8 nitrogen and oxygen atoms in total. The minimum Gasteiger partial charge on any atom is -0.480 e. The van der Waals surface area contributed by atoms with Gasteiger partial charge in [0.2, 0.25) is 12.3 Å². The molecule has 1 heterocycles. The Labute approximate surface area is 164 Å². The van der Waals surface area contributed by atoms with Crippen molar-refractivity contribution in [3.8, 4) is 0 Å². The van der Waals surface area contributed by atoms with Crippen molar-refractivity contribution in [1.29, 1.82) is 0 Å². The predicted octanol–water partition coefficient (Wildman–Crippen LogP) is 2.04. The fourth-order valence-corrected chi connectivity index (χ4v) is 1.55. The first-order valence-corrected chi connectivity index (χ1v) is 9.41. The molecule has 0 radical (unpaired) electrons. The van der Waals surface area contributed by atoms with Crippen LogP contribution in [0.4, 0.5) is 0 Å². The lowest BCUT2D eigenvalue weighted by Gasteiger charge is -2.20. The maximum atomic E-state index is 11.4. The Bertz CT molecular complexity index is 381. The molecule has 0 aromatic rings. The minimum atomic E-state index is -0.984. The fraction of sp³-hybridized carbons (Fsp3) is 0.842. The van der Waals surface area contributed by atoms with E-state index in [0.29, 0.717) is 32.4 Å². The highest BCUT2D eigenvalue weighted by Crippen LogP contribution is 2.16. The summed E-state index contributed by atoms with van der Waals surface area (Å²) in [4.78, 5) is 33.3.